The van der Waals surface area contributed by atoms with Crippen molar-refractivity contribution in [3.05, 3.63) is 206 Å². The maximum absolute atomic E-state index is 13.7. The summed E-state index contributed by atoms with van der Waals surface area (Å²) >= 11 is 0. The molecule has 1 aliphatic rings. The summed E-state index contributed by atoms with van der Waals surface area (Å²) in [5, 5.41) is 0. The van der Waals surface area contributed by atoms with Crippen LogP contribution < -0.4 is 4.90 Å². The van der Waals surface area contributed by atoms with Gasteiger partial charge in [-0.1, -0.05) is 84.9 Å². The molecular formula is C48H37NO8. The van der Waals surface area contributed by atoms with Gasteiger partial charge in [0.05, 0.1) is 27.9 Å². The van der Waals surface area contributed by atoms with Crippen LogP contribution in [0.25, 0.3) is 0 Å². The zero-order chi connectivity index (χ0) is 40.4. The number of anilines is 1. The van der Waals surface area contributed by atoms with E-state index in [9.17, 15) is 28.8 Å². The van der Waals surface area contributed by atoms with Crippen molar-refractivity contribution in [3.63, 3.8) is 0 Å². The molecule has 0 N–H and O–H groups in total. The molecule has 2 atom stereocenters. The highest BCUT2D eigenvalue weighted by Gasteiger charge is 2.38. The van der Waals surface area contributed by atoms with Gasteiger partial charge >= 0.3 is 11.9 Å². The summed E-state index contributed by atoms with van der Waals surface area (Å²) in [7, 11) is 0. The first-order chi connectivity index (χ1) is 27.4. The molecule has 0 bridgehead atoms. The van der Waals surface area contributed by atoms with Crippen molar-refractivity contribution in [1.29, 1.82) is 0 Å². The third kappa shape index (κ3) is 7.68. The molecule has 1 heterocycles. The quantitative estimate of drug-likeness (QED) is 0.0728. The number of hydrogen-bond donors (Lipinski definition) is 0. The number of ketones is 2. The van der Waals surface area contributed by atoms with Crippen LogP contribution in [0.2, 0.25) is 0 Å². The standard InChI is InChI=1S/C48H37NO8/c1-28-15-17-35(25-30(28)3)41(50)43(32-11-7-5-8-12-32)56-47(54)34-19-22-38(23-20-34)49-45(52)39-24-21-37(27-40(39)46(49)53)48(55)57-44(33-13-9-6-10-14-33)42(51)36-18-16-29(2)31(4)26-36/h5-27,43-44H,1-4H3/t43-,44-/m1/s1. The summed E-state index contributed by atoms with van der Waals surface area (Å²) in [6.07, 6.45) is -2.48. The van der Waals surface area contributed by atoms with Gasteiger partial charge < -0.3 is 9.47 Å². The molecule has 0 aromatic heterocycles. The molecular weight excluding hydrogens is 719 g/mol. The smallest absolute Gasteiger partial charge is 0.339 e. The Morgan fingerprint density at radius 3 is 1.33 bits per heavy atom. The van der Waals surface area contributed by atoms with Gasteiger partial charge in [0.1, 0.15) is 0 Å². The van der Waals surface area contributed by atoms with Crippen LogP contribution in [0.15, 0.2) is 140 Å². The Morgan fingerprint density at radius 2 is 0.860 bits per heavy atom. The summed E-state index contributed by atoms with van der Waals surface area (Å²) in [6.45, 7) is 7.67. The molecule has 7 rings (SSSR count). The fourth-order valence-corrected chi connectivity index (χ4v) is 6.59. The minimum Gasteiger partial charge on any atom is -0.445 e. The number of imide groups is 1. The van der Waals surface area contributed by atoms with Crippen LogP contribution in [-0.4, -0.2) is 35.3 Å². The van der Waals surface area contributed by atoms with Gasteiger partial charge in [-0.2, -0.15) is 0 Å². The van der Waals surface area contributed by atoms with Crippen LogP contribution in [0, 0.1) is 27.7 Å². The molecule has 0 saturated heterocycles. The van der Waals surface area contributed by atoms with Crippen molar-refractivity contribution in [2.45, 2.75) is 39.9 Å². The van der Waals surface area contributed by atoms with Crippen molar-refractivity contribution in [3.8, 4) is 0 Å². The Morgan fingerprint density at radius 1 is 0.439 bits per heavy atom. The molecule has 0 unspecified atom stereocenters. The summed E-state index contributed by atoms with van der Waals surface area (Å²) in [4.78, 5) is 82.7. The zero-order valence-electron chi connectivity index (χ0n) is 31.6. The topological polar surface area (TPSA) is 124 Å². The predicted molar refractivity (Wildman–Crippen MR) is 214 cm³/mol. The number of rotatable bonds is 11. The molecule has 57 heavy (non-hydrogen) atoms. The third-order valence-electron chi connectivity index (χ3n) is 10.2. The first kappa shape index (κ1) is 38.0. The Bertz CT molecular complexity index is 2580. The van der Waals surface area contributed by atoms with Crippen molar-refractivity contribution >= 4 is 41.0 Å². The lowest BCUT2D eigenvalue weighted by Crippen LogP contribution is -2.29. The Labute approximate surface area is 329 Å². The molecule has 0 fully saturated rings. The lowest BCUT2D eigenvalue weighted by atomic mass is 9.97. The molecule has 1 aliphatic heterocycles. The Kier molecular flexibility index (Phi) is 10.6. The molecule has 0 spiro atoms. The highest BCUT2D eigenvalue weighted by molar-refractivity contribution is 6.34. The number of hydrogen-bond acceptors (Lipinski definition) is 8. The van der Waals surface area contributed by atoms with Crippen LogP contribution >= 0.6 is 0 Å². The number of aryl methyl sites for hydroxylation is 4. The maximum Gasteiger partial charge on any atom is 0.339 e. The summed E-state index contributed by atoms with van der Waals surface area (Å²) < 4.78 is 11.6. The van der Waals surface area contributed by atoms with E-state index in [1.807, 2.05) is 39.8 Å². The molecule has 0 radical (unpaired) electrons. The van der Waals surface area contributed by atoms with E-state index < -0.39 is 41.7 Å². The summed E-state index contributed by atoms with van der Waals surface area (Å²) in [5.41, 5.74) is 5.94. The fraction of sp³-hybridized carbons (Fsp3) is 0.125. The van der Waals surface area contributed by atoms with E-state index in [0.29, 0.717) is 22.3 Å². The van der Waals surface area contributed by atoms with Gasteiger partial charge in [0, 0.05) is 22.3 Å². The molecule has 9 heteroatoms. The number of nitrogens with zero attached hydrogens (tertiary/aromatic N) is 1. The maximum atomic E-state index is 13.7. The van der Waals surface area contributed by atoms with Gasteiger partial charge in [-0.3, -0.25) is 19.2 Å². The largest absolute Gasteiger partial charge is 0.445 e. The van der Waals surface area contributed by atoms with E-state index in [0.717, 1.165) is 27.2 Å². The van der Waals surface area contributed by atoms with Crippen LogP contribution in [0.1, 0.15) is 108 Å². The number of carbonyl (C=O) groups is 6. The predicted octanol–water partition coefficient (Wildman–Crippen LogP) is 9.28. The third-order valence-corrected chi connectivity index (χ3v) is 10.2. The van der Waals surface area contributed by atoms with Crippen molar-refractivity contribution in [2.24, 2.45) is 0 Å². The first-order valence-corrected chi connectivity index (χ1v) is 18.3. The normalized spacial score (nSPS) is 13.1. The van der Waals surface area contributed by atoms with Crippen molar-refractivity contribution in [1.82, 2.24) is 0 Å². The molecule has 282 valence electrons. The fourth-order valence-electron chi connectivity index (χ4n) is 6.59. The van der Waals surface area contributed by atoms with Gasteiger partial charge in [0.15, 0.2) is 12.2 Å². The van der Waals surface area contributed by atoms with Crippen molar-refractivity contribution < 1.29 is 38.2 Å². The van der Waals surface area contributed by atoms with E-state index in [4.69, 9.17) is 9.47 Å². The number of amides is 2. The second-order valence-electron chi connectivity index (χ2n) is 14.0. The van der Waals surface area contributed by atoms with E-state index >= 15 is 0 Å². The highest BCUT2D eigenvalue weighted by Crippen LogP contribution is 2.32. The monoisotopic (exact) mass is 755 g/mol. The van der Waals surface area contributed by atoms with E-state index in [-0.39, 0.29) is 33.7 Å². The van der Waals surface area contributed by atoms with Crippen molar-refractivity contribution in [2.75, 3.05) is 4.90 Å². The van der Waals surface area contributed by atoms with Crippen LogP contribution in [0.5, 0.6) is 0 Å². The number of Topliss-reactive ketones (excluding diaryl/α,β-unsaturated/α-hetero) is 2. The average molecular weight is 756 g/mol. The lowest BCUT2D eigenvalue weighted by Gasteiger charge is -2.19. The number of benzene rings is 6. The second-order valence-corrected chi connectivity index (χ2v) is 14.0. The number of carbonyl (C=O) groups excluding carboxylic acids is 6. The van der Waals surface area contributed by atoms with Gasteiger partial charge in [-0.15, -0.1) is 0 Å². The zero-order valence-corrected chi connectivity index (χ0v) is 31.6. The summed E-state index contributed by atoms with van der Waals surface area (Å²) in [5.74, 6) is -3.73. The first-order valence-electron chi connectivity index (χ1n) is 18.3. The minimum absolute atomic E-state index is 0.0213. The van der Waals surface area contributed by atoms with E-state index in [2.05, 4.69) is 0 Å². The molecule has 0 aliphatic carbocycles. The van der Waals surface area contributed by atoms with Gasteiger partial charge in [-0.05, 0) is 105 Å². The summed E-state index contributed by atoms with van der Waals surface area (Å²) in [6, 6.07) is 37.6. The SMILES string of the molecule is Cc1ccc(C(=O)[C@H](OC(=O)c2ccc(N3C(=O)c4ccc(C(=O)O[C@@H](C(=O)c5ccc(C)c(C)c5)c5ccccc5)cc4C3=O)cc2)c2ccccc2)cc1C. The molecule has 6 aromatic carbocycles. The number of ether oxygens (including phenoxy) is 2. The molecule has 6 aromatic rings. The lowest BCUT2D eigenvalue weighted by molar-refractivity contribution is 0.0278. The van der Waals surface area contributed by atoms with Crippen LogP contribution in [-0.2, 0) is 9.47 Å². The molecule has 2 amide bonds. The Hall–Kier alpha value is -7.26. The van der Waals surface area contributed by atoms with Gasteiger partial charge in [0.2, 0.25) is 11.6 Å². The van der Waals surface area contributed by atoms with Gasteiger partial charge in [0.25, 0.3) is 11.8 Å². The van der Waals surface area contributed by atoms with Gasteiger partial charge in [-0.25, -0.2) is 14.5 Å². The number of fused-ring (bicyclic) bond motifs is 1. The number of esters is 2. The van der Waals surface area contributed by atoms with Crippen LogP contribution in [0.4, 0.5) is 5.69 Å². The van der Waals surface area contributed by atoms with Crippen LogP contribution in [0.3, 0.4) is 0 Å². The minimum atomic E-state index is -1.26. The Balaban J connectivity index is 1.09. The molecule has 0 saturated carbocycles. The van der Waals surface area contributed by atoms with E-state index in [1.54, 1.807) is 84.9 Å². The average Bonchev–Trinajstić information content (AvgIpc) is 3.48. The molecule has 9 nitrogen and oxygen atoms in total. The second kappa shape index (κ2) is 15.8. The highest BCUT2D eigenvalue weighted by atomic mass is 16.6. The van der Waals surface area contributed by atoms with E-state index in [1.165, 1.54) is 42.5 Å².